The third-order valence-electron chi connectivity index (χ3n) is 2.60. The normalized spacial score (nSPS) is 10.2. The van der Waals surface area contributed by atoms with Gasteiger partial charge in [-0.2, -0.15) is 0 Å². The molecule has 0 saturated carbocycles. The molecule has 0 radical (unpaired) electrons. The molecule has 0 aliphatic heterocycles. The summed E-state index contributed by atoms with van der Waals surface area (Å²) in [5.74, 6) is -0.152. The van der Waals surface area contributed by atoms with Crippen molar-refractivity contribution >= 4 is 5.69 Å². The molecular formula is C14H15NO2. The van der Waals surface area contributed by atoms with Gasteiger partial charge in [0.15, 0.2) is 11.5 Å². The summed E-state index contributed by atoms with van der Waals surface area (Å²) in [6, 6.07) is 12.9. The molecule has 0 spiro atoms. The standard InChI is InChI=1S/C14H15NO2/c1-10-4-2-6-12(8-10)15-9-11-5-3-7-13(16)14(11)17/h2-8,15-17H,9H2,1H3. The SMILES string of the molecule is Cc1cccc(NCc2cccc(O)c2O)c1. The smallest absolute Gasteiger partial charge is 0.162 e. The van der Waals surface area contributed by atoms with E-state index < -0.39 is 0 Å². The van der Waals surface area contributed by atoms with Crippen molar-refractivity contribution in [1.82, 2.24) is 0 Å². The Bertz CT molecular complexity index is 523. The second kappa shape index (κ2) is 4.78. The molecule has 2 rings (SSSR count). The third kappa shape index (κ3) is 2.69. The molecule has 0 unspecified atom stereocenters. The number of hydrogen-bond acceptors (Lipinski definition) is 3. The van der Waals surface area contributed by atoms with Gasteiger partial charge in [-0.15, -0.1) is 0 Å². The quantitative estimate of drug-likeness (QED) is 0.709. The molecule has 3 N–H and O–H groups in total. The van der Waals surface area contributed by atoms with Gasteiger partial charge in [0.25, 0.3) is 0 Å². The van der Waals surface area contributed by atoms with Gasteiger partial charge in [0.1, 0.15) is 0 Å². The van der Waals surface area contributed by atoms with Crippen molar-refractivity contribution in [2.45, 2.75) is 13.5 Å². The van der Waals surface area contributed by atoms with Crippen LogP contribution in [0.1, 0.15) is 11.1 Å². The van der Waals surface area contributed by atoms with Gasteiger partial charge in [0.2, 0.25) is 0 Å². The molecule has 0 fully saturated rings. The fourth-order valence-corrected chi connectivity index (χ4v) is 1.67. The number of hydrogen-bond donors (Lipinski definition) is 3. The first-order valence-corrected chi connectivity index (χ1v) is 5.47. The highest BCUT2D eigenvalue weighted by Crippen LogP contribution is 2.28. The lowest BCUT2D eigenvalue weighted by molar-refractivity contribution is 0.400. The molecule has 0 amide bonds. The van der Waals surface area contributed by atoms with Gasteiger partial charge in [-0.05, 0) is 30.7 Å². The summed E-state index contributed by atoms with van der Waals surface area (Å²) in [5.41, 5.74) is 2.84. The second-order valence-corrected chi connectivity index (χ2v) is 4.01. The van der Waals surface area contributed by atoms with E-state index in [9.17, 15) is 10.2 Å². The molecule has 0 aromatic heterocycles. The van der Waals surface area contributed by atoms with Crippen molar-refractivity contribution in [3.63, 3.8) is 0 Å². The number of phenolic OH excluding ortho intramolecular Hbond substituents is 2. The molecule has 2 aromatic carbocycles. The van der Waals surface area contributed by atoms with Crippen molar-refractivity contribution in [3.8, 4) is 11.5 Å². The van der Waals surface area contributed by atoms with Crippen LogP contribution in [0.5, 0.6) is 11.5 Å². The average molecular weight is 229 g/mol. The van der Waals surface area contributed by atoms with Crippen LogP contribution in [0.3, 0.4) is 0 Å². The molecule has 0 bridgehead atoms. The first-order valence-electron chi connectivity index (χ1n) is 5.47. The number of anilines is 1. The number of benzene rings is 2. The number of aryl methyl sites for hydroxylation is 1. The molecule has 0 aliphatic rings. The van der Waals surface area contributed by atoms with Gasteiger partial charge in [0.05, 0.1) is 0 Å². The molecule has 0 saturated heterocycles. The number of aromatic hydroxyl groups is 2. The van der Waals surface area contributed by atoms with Crippen LogP contribution in [-0.2, 0) is 6.54 Å². The van der Waals surface area contributed by atoms with Gasteiger partial charge in [-0.3, -0.25) is 0 Å². The number of phenols is 2. The van der Waals surface area contributed by atoms with Crippen LogP contribution < -0.4 is 5.32 Å². The Hall–Kier alpha value is -2.16. The Labute approximate surface area is 100 Å². The molecular weight excluding hydrogens is 214 g/mol. The third-order valence-corrected chi connectivity index (χ3v) is 2.60. The predicted molar refractivity (Wildman–Crippen MR) is 68.3 cm³/mol. The minimum Gasteiger partial charge on any atom is -0.504 e. The van der Waals surface area contributed by atoms with Crippen molar-refractivity contribution in [3.05, 3.63) is 53.6 Å². The van der Waals surface area contributed by atoms with Crippen molar-refractivity contribution in [1.29, 1.82) is 0 Å². The topological polar surface area (TPSA) is 52.5 Å². The Morgan fingerprint density at radius 2 is 1.82 bits per heavy atom. The van der Waals surface area contributed by atoms with Gasteiger partial charge < -0.3 is 15.5 Å². The molecule has 3 nitrogen and oxygen atoms in total. The van der Waals surface area contributed by atoms with Crippen LogP contribution in [0.15, 0.2) is 42.5 Å². The van der Waals surface area contributed by atoms with Crippen LogP contribution in [0, 0.1) is 6.92 Å². The van der Waals surface area contributed by atoms with Crippen LogP contribution in [-0.4, -0.2) is 10.2 Å². The molecule has 0 atom stereocenters. The van der Waals surface area contributed by atoms with Crippen molar-refractivity contribution in [2.75, 3.05) is 5.32 Å². The average Bonchev–Trinajstić information content (AvgIpc) is 2.31. The van der Waals surface area contributed by atoms with Crippen LogP contribution >= 0.6 is 0 Å². The van der Waals surface area contributed by atoms with Crippen LogP contribution in [0.4, 0.5) is 5.69 Å². The monoisotopic (exact) mass is 229 g/mol. The lowest BCUT2D eigenvalue weighted by Gasteiger charge is -2.09. The lowest BCUT2D eigenvalue weighted by Crippen LogP contribution is -1.99. The highest BCUT2D eigenvalue weighted by Gasteiger charge is 2.04. The zero-order valence-corrected chi connectivity index (χ0v) is 9.64. The van der Waals surface area contributed by atoms with E-state index in [4.69, 9.17) is 0 Å². The van der Waals surface area contributed by atoms with E-state index in [1.807, 2.05) is 31.2 Å². The molecule has 88 valence electrons. The van der Waals surface area contributed by atoms with Gasteiger partial charge in [-0.25, -0.2) is 0 Å². The summed E-state index contributed by atoms with van der Waals surface area (Å²) in [6.45, 7) is 2.50. The molecule has 17 heavy (non-hydrogen) atoms. The van der Waals surface area contributed by atoms with E-state index in [0.717, 1.165) is 5.69 Å². The highest BCUT2D eigenvalue weighted by atomic mass is 16.3. The van der Waals surface area contributed by atoms with Crippen molar-refractivity contribution in [2.24, 2.45) is 0 Å². The molecule has 0 heterocycles. The minimum absolute atomic E-state index is 0.0624. The number of rotatable bonds is 3. The summed E-state index contributed by atoms with van der Waals surface area (Å²) >= 11 is 0. The summed E-state index contributed by atoms with van der Waals surface area (Å²) in [6.07, 6.45) is 0. The lowest BCUT2D eigenvalue weighted by atomic mass is 10.1. The Balaban J connectivity index is 2.10. The van der Waals surface area contributed by atoms with Gasteiger partial charge in [-0.1, -0.05) is 24.3 Å². The Morgan fingerprint density at radius 3 is 2.59 bits per heavy atom. The molecule has 0 aliphatic carbocycles. The first kappa shape index (κ1) is 11.3. The predicted octanol–water partition coefficient (Wildman–Crippen LogP) is 3.02. The van der Waals surface area contributed by atoms with E-state index in [1.54, 1.807) is 12.1 Å². The zero-order valence-electron chi connectivity index (χ0n) is 9.64. The van der Waals surface area contributed by atoms with Crippen molar-refractivity contribution < 1.29 is 10.2 Å². The Morgan fingerprint density at radius 1 is 1.06 bits per heavy atom. The maximum Gasteiger partial charge on any atom is 0.162 e. The Kier molecular flexibility index (Phi) is 3.19. The summed E-state index contributed by atoms with van der Waals surface area (Å²) in [5, 5.41) is 22.2. The molecule has 3 heteroatoms. The maximum atomic E-state index is 9.64. The van der Waals surface area contributed by atoms with E-state index in [2.05, 4.69) is 5.32 Å². The summed E-state index contributed by atoms with van der Waals surface area (Å²) < 4.78 is 0. The van der Waals surface area contributed by atoms with Crippen LogP contribution in [0.25, 0.3) is 0 Å². The minimum atomic E-state index is -0.0893. The van der Waals surface area contributed by atoms with Crippen LogP contribution in [0.2, 0.25) is 0 Å². The zero-order chi connectivity index (χ0) is 12.3. The van der Waals surface area contributed by atoms with E-state index in [0.29, 0.717) is 12.1 Å². The van der Waals surface area contributed by atoms with E-state index >= 15 is 0 Å². The summed E-state index contributed by atoms with van der Waals surface area (Å²) in [4.78, 5) is 0. The number of para-hydroxylation sites is 1. The second-order valence-electron chi connectivity index (χ2n) is 4.01. The number of nitrogens with one attached hydrogen (secondary N) is 1. The van der Waals surface area contributed by atoms with Gasteiger partial charge in [0, 0.05) is 17.8 Å². The largest absolute Gasteiger partial charge is 0.504 e. The fraction of sp³-hybridized carbons (Fsp3) is 0.143. The molecule has 2 aromatic rings. The summed E-state index contributed by atoms with van der Waals surface area (Å²) in [7, 11) is 0. The van der Waals surface area contributed by atoms with E-state index in [-0.39, 0.29) is 11.5 Å². The maximum absolute atomic E-state index is 9.64. The highest BCUT2D eigenvalue weighted by molar-refractivity contribution is 5.49. The van der Waals surface area contributed by atoms with E-state index in [1.165, 1.54) is 11.6 Å². The fourth-order valence-electron chi connectivity index (χ4n) is 1.67. The van der Waals surface area contributed by atoms with Gasteiger partial charge >= 0.3 is 0 Å². The first-order chi connectivity index (χ1) is 8.16.